The van der Waals surface area contributed by atoms with Crippen LogP contribution in [0.2, 0.25) is 0 Å². The van der Waals surface area contributed by atoms with Gasteiger partial charge in [0.1, 0.15) is 0 Å². The number of nitrogens with one attached hydrogen (secondary N) is 1. The molecule has 0 heterocycles. The van der Waals surface area contributed by atoms with Crippen LogP contribution in [0.4, 0.5) is 0 Å². The highest BCUT2D eigenvalue weighted by atomic mass is 32.2. The van der Waals surface area contributed by atoms with E-state index in [1.165, 1.54) is 25.7 Å². The van der Waals surface area contributed by atoms with Gasteiger partial charge in [0.15, 0.2) is 0 Å². The van der Waals surface area contributed by atoms with Crippen LogP contribution in [0.15, 0.2) is 0 Å². The van der Waals surface area contributed by atoms with Gasteiger partial charge in [0.25, 0.3) is 0 Å². The molecule has 2 atom stereocenters. The summed E-state index contributed by atoms with van der Waals surface area (Å²) in [6.07, 6.45) is 5.29. The zero-order valence-electron chi connectivity index (χ0n) is 9.80. The van der Waals surface area contributed by atoms with E-state index in [4.69, 9.17) is 0 Å². The molecule has 1 aliphatic rings. The van der Waals surface area contributed by atoms with Crippen molar-refractivity contribution in [2.75, 3.05) is 0 Å². The van der Waals surface area contributed by atoms with Gasteiger partial charge in [0.05, 0.1) is 15.7 Å². The van der Waals surface area contributed by atoms with E-state index in [0.717, 1.165) is 5.92 Å². The predicted octanol–water partition coefficient (Wildman–Crippen LogP) is 2.62. The molecule has 3 heteroatoms. The van der Waals surface area contributed by atoms with Crippen LogP contribution in [0.5, 0.6) is 0 Å². The van der Waals surface area contributed by atoms with Crippen molar-refractivity contribution in [1.82, 2.24) is 4.72 Å². The molecule has 0 spiro atoms. The molecule has 0 aromatic carbocycles. The monoisotopic (exact) mass is 217 g/mol. The first kappa shape index (κ1) is 12.2. The topological polar surface area (TPSA) is 29.1 Å². The van der Waals surface area contributed by atoms with E-state index in [2.05, 4.69) is 11.6 Å². The molecular weight excluding hydrogens is 194 g/mol. The Morgan fingerprint density at radius 2 is 1.79 bits per heavy atom. The first-order chi connectivity index (χ1) is 6.41. The third-order valence-electron chi connectivity index (χ3n) is 2.96. The summed E-state index contributed by atoms with van der Waals surface area (Å²) in [4.78, 5) is 0. The summed E-state index contributed by atoms with van der Waals surface area (Å²) in [6, 6.07) is 0.401. The average Bonchev–Trinajstić information content (AvgIpc) is 2.53. The molecule has 1 unspecified atom stereocenters. The smallest absolute Gasteiger partial charge is 0.0972 e. The van der Waals surface area contributed by atoms with Gasteiger partial charge in [0, 0.05) is 6.04 Å². The van der Waals surface area contributed by atoms with E-state index in [1.807, 2.05) is 20.8 Å². The third-order valence-corrected chi connectivity index (χ3v) is 4.65. The second kappa shape index (κ2) is 4.75. The van der Waals surface area contributed by atoms with Crippen molar-refractivity contribution < 1.29 is 4.21 Å². The van der Waals surface area contributed by atoms with Gasteiger partial charge < -0.3 is 0 Å². The van der Waals surface area contributed by atoms with Crippen LogP contribution in [0.25, 0.3) is 0 Å². The van der Waals surface area contributed by atoms with E-state index in [0.29, 0.717) is 6.04 Å². The van der Waals surface area contributed by atoms with Crippen molar-refractivity contribution in [3.05, 3.63) is 0 Å². The standard InChI is InChI=1S/C11H23NOS/c1-9(10-7-5-6-8-10)12-14(13)11(2,3)4/h9-10,12H,5-8H2,1-4H3/t9-,14?/m1/s1. The van der Waals surface area contributed by atoms with Crippen LogP contribution in [0.3, 0.4) is 0 Å². The van der Waals surface area contributed by atoms with Gasteiger partial charge in [-0.25, -0.2) is 8.93 Å². The fraction of sp³-hybridized carbons (Fsp3) is 1.00. The molecule has 0 radical (unpaired) electrons. The average molecular weight is 217 g/mol. The number of hydrogen-bond donors (Lipinski definition) is 1. The SMILES string of the molecule is C[C@@H](NS(=O)C(C)(C)C)C1CCCC1. The molecule has 0 aromatic rings. The summed E-state index contributed by atoms with van der Waals surface area (Å²) in [6.45, 7) is 8.20. The molecule has 1 fully saturated rings. The van der Waals surface area contributed by atoms with E-state index < -0.39 is 11.0 Å². The summed E-state index contributed by atoms with van der Waals surface area (Å²) in [5.41, 5.74) is 0. The molecule has 84 valence electrons. The Balaban J connectivity index is 2.39. The minimum atomic E-state index is -0.913. The molecule has 0 bridgehead atoms. The zero-order chi connectivity index (χ0) is 10.8. The first-order valence-electron chi connectivity index (χ1n) is 5.59. The summed E-state index contributed by atoms with van der Waals surface area (Å²) in [5.74, 6) is 0.737. The molecule has 0 aliphatic heterocycles. The maximum Gasteiger partial charge on any atom is 0.0972 e. The molecule has 2 nitrogen and oxygen atoms in total. The minimum Gasteiger partial charge on any atom is -0.242 e. The van der Waals surface area contributed by atoms with Gasteiger partial charge in [-0.3, -0.25) is 0 Å². The van der Waals surface area contributed by atoms with E-state index in [9.17, 15) is 4.21 Å². The Morgan fingerprint density at radius 3 is 2.21 bits per heavy atom. The summed E-state index contributed by atoms with van der Waals surface area (Å²) in [5, 5.41) is 0. The molecule has 1 N–H and O–H groups in total. The largest absolute Gasteiger partial charge is 0.242 e. The highest BCUT2D eigenvalue weighted by molar-refractivity contribution is 7.84. The van der Waals surface area contributed by atoms with Crippen molar-refractivity contribution in [3.8, 4) is 0 Å². The van der Waals surface area contributed by atoms with Crippen LogP contribution < -0.4 is 4.72 Å². The van der Waals surface area contributed by atoms with Crippen LogP contribution in [-0.4, -0.2) is 15.0 Å². The first-order valence-corrected chi connectivity index (χ1v) is 6.74. The number of hydrogen-bond acceptors (Lipinski definition) is 1. The summed E-state index contributed by atoms with van der Waals surface area (Å²) in [7, 11) is -0.913. The lowest BCUT2D eigenvalue weighted by Gasteiger charge is -2.25. The van der Waals surface area contributed by atoms with Gasteiger partial charge in [-0.1, -0.05) is 12.8 Å². The maximum atomic E-state index is 11.8. The molecule has 1 rings (SSSR count). The highest BCUT2D eigenvalue weighted by Gasteiger charge is 2.26. The van der Waals surface area contributed by atoms with Gasteiger partial charge in [-0.2, -0.15) is 0 Å². The normalized spacial score (nSPS) is 23.7. The van der Waals surface area contributed by atoms with E-state index in [1.54, 1.807) is 0 Å². The second-order valence-corrected chi connectivity index (χ2v) is 7.33. The fourth-order valence-electron chi connectivity index (χ4n) is 1.90. The molecular formula is C11H23NOS. The lowest BCUT2D eigenvalue weighted by Crippen LogP contribution is -2.41. The van der Waals surface area contributed by atoms with Crippen molar-refractivity contribution in [2.45, 2.75) is 64.2 Å². The zero-order valence-corrected chi connectivity index (χ0v) is 10.6. The molecule has 0 aromatic heterocycles. The Kier molecular flexibility index (Phi) is 4.14. The Labute approximate surface area is 90.4 Å². The lowest BCUT2D eigenvalue weighted by atomic mass is 10.0. The summed E-state index contributed by atoms with van der Waals surface area (Å²) < 4.78 is 14.9. The molecule has 1 saturated carbocycles. The quantitative estimate of drug-likeness (QED) is 0.773. The fourth-order valence-corrected chi connectivity index (χ4v) is 2.78. The highest BCUT2D eigenvalue weighted by Crippen LogP contribution is 2.28. The molecule has 0 amide bonds. The van der Waals surface area contributed by atoms with E-state index in [-0.39, 0.29) is 4.75 Å². The Bertz CT molecular complexity index is 204. The van der Waals surface area contributed by atoms with Crippen molar-refractivity contribution in [1.29, 1.82) is 0 Å². The van der Waals surface area contributed by atoms with Gasteiger partial charge in [0.2, 0.25) is 0 Å². The molecule has 14 heavy (non-hydrogen) atoms. The minimum absolute atomic E-state index is 0.146. The predicted molar refractivity (Wildman–Crippen MR) is 62.5 cm³/mol. The van der Waals surface area contributed by atoms with Crippen LogP contribution in [0.1, 0.15) is 53.4 Å². The molecule has 1 aliphatic carbocycles. The van der Waals surface area contributed by atoms with Crippen LogP contribution in [0, 0.1) is 5.92 Å². The van der Waals surface area contributed by atoms with Crippen molar-refractivity contribution >= 4 is 11.0 Å². The second-order valence-electron chi connectivity index (χ2n) is 5.33. The van der Waals surface area contributed by atoms with Gasteiger partial charge in [-0.15, -0.1) is 0 Å². The van der Waals surface area contributed by atoms with Crippen LogP contribution >= 0.6 is 0 Å². The van der Waals surface area contributed by atoms with Crippen molar-refractivity contribution in [2.24, 2.45) is 5.92 Å². The lowest BCUT2D eigenvalue weighted by molar-refractivity contribution is 0.429. The van der Waals surface area contributed by atoms with Gasteiger partial charge >= 0.3 is 0 Å². The Morgan fingerprint density at radius 1 is 1.29 bits per heavy atom. The molecule has 0 saturated heterocycles. The van der Waals surface area contributed by atoms with Crippen molar-refractivity contribution in [3.63, 3.8) is 0 Å². The third kappa shape index (κ3) is 3.35. The Hall–Kier alpha value is 0.110. The van der Waals surface area contributed by atoms with Gasteiger partial charge in [-0.05, 0) is 46.5 Å². The van der Waals surface area contributed by atoms with E-state index >= 15 is 0 Å². The summed E-state index contributed by atoms with van der Waals surface area (Å²) >= 11 is 0. The van der Waals surface area contributed by atoms with Crippen LogP contribution in [-0.2, 0) is 11.0 Å². The number of rotatable bonds is 3. The maximum absolute atomic E-state index is 11.8.